The summed E-state index contributed by atoms with van der Waals surface area (Å²) in [5.41, 5.74) is 0. The molecule has 3 saturated heterocycles. The Labute approximate surface area is 84.7 Å². The summed E-state index contributed by atoms with van der Waals surface area (Å²) in [4.78, 5) is 0. The maximum Gasteiger partial charge on any atom is 0.156 e. The van der Waals surface area contributed by atoms with Gasteiger partial charge in [0.15, 0.2) is 9.84 Å². The van der Waals surface area contributed by atoms with Gasteiger partial charge >= 0.3 is 0 Å². The van der Waals surface area contributed by atoms with Crippen molar-refractivity contribution in [3.8, 4) is 0 Å². The second-order valence-corrected chi connectivity index (χ2v) is 7.49. The number of hydrogen-bond acceptors (Lipinski definition) is 3. The maximum atomic E-state index is 11.8. The minimum Gasteiger partial charge on any atom is -0.373 e. The van der Waals surface area contributed by atoms with Gasteiger partial charge in [0.1, 0.15) is 0 Å². The topological polar surface area (TPSA) is 43.4 Å². The molecule has 3 fully saturated rings. The van der Waals surface area contributed by atoms with E-state index in [1.54, 1.807) is 0 Å². The molecule has 3 nitrogen and oxygen atoms in total. The van der Waals surface area contributed by atoms with E-state index in [-0.39, 0.29) is 17.5 Å². The molecule has 80 valence electrons. The normalized spacial score (nSPS) is 53.2. The Balaban J connectivity index is 2.01. The number of fused-ring (bicyclic) bond motifs is 1. The molecule has 0 radical (unpaired) electrons. The van der Waals surface area contributed by atoms with E-state index in [4.69, 9.17) is 4.74 Å². The van der Waals surface area contributed by atoms with Gasteiger partial charge in [0.2, 0.25) is 0 Å². The summed E-state index contributed by atoms with van der Waals surface area (Å²) < 4.78 is 29.3. The molecule has 0 spiro atoms. The standard InChI is InChI=1S/C10H16O3S/c1-5(2)9-6-4-14(11,12)8-3-7(9)13-10(6)8/h5-10H,3-4H2,1-2H3. The van der Waals surface area contributed by atoms with Gasteiger partial charge in [0.25, 0.3) is 0 Å². The third-order valence-corrected chi connectivity index (χ3v) is 6.40. The fourth-order valence-electron chi connectivity index (χ4n) is 3.70. The second kappa shape index (κ2) is 2.53. The number of sulfone groups is 1. The Bertz CT molecular complexity index is 360. The van der Waals surface area contributed by atoms with Crippen molar-refractivity contribution in [2.45, 2.75) is 37.7 Å². The highest BCUT2D eigenvalue weighted by atomic mass is 32.2. The van der Waals surface area contributed by atoms with E-state index in [0.717, 1.165) is 6.42 Å². The Hall–Kier alpha value is -0.0900. The van der Waals surface area contributed by atoms with Crippen LogP contribution in [0.3, 0.4) is 0 Å². The molecule has 0 amide bonds. The molecule has 5 atom stereocenters. The molecule has 3 heterocycles. The largest absolute Gasteiger partial charge is 0.373 e. The zero-order chi connectivity index (χ0) is 10.1. The summed E-state index contributed by atoms with van der Waals surface area (Å²) in [6.07, 6.45) is 1.02. The SMILES string of the molecule is CC(C)C1C2CC3C(O2)C1CS3(=O)=O. The molecular formula is C10H16O3S. The average molecular weight is 216 g/mol. The lowest BCUT2D eigenvalue weighted by Gasteiger charge is -2.26. The van der Waals surface area contributed by atoms with Crippen LogP contribution in [0, 0.1) is 17.8 Å². The van der Waals surface area contributed by atoms with E-state index >= 15 is 0 Å². The maximum absolute atomic E-state index is 11.8. The van der Waals surface area contributed by atoms with Crippen LogP contribution in [0.15, 0.2) is 0 Å². The highest BCUT2D eigenvalue weighted by Crippen LogP contribution is 2.53. The Morgan fingerprint density at radius 2 is 2.07 bits per heavy atom. The van der Waals surface area contributed by atoms with Gasteiger partial charge in [-0.15, -0.1) is 0 Å². The molecule has 0 saturated carbocycles. The van der Waals surface area contributed by atoms with Crippen molar-refractivity contribution in [3.63, 3.8) is 0 Å². The Kier molecular flexibility index (Phi) is 1.65. The van der Waals surface area contributed by atoms with Crippen molar-refractivity contribution < 1.29 is 13.2 Å². The predicted molar refractivity (Wildman–Crippen MR) is 52.7 cm³/mol. The summed E-state index contributed by atoms with van der Waals surface area (Å²) in [6, 6.07) is 0. The van der Waals surface area contributed by atoms with E-state index in [1.807, 2.05) is 0 Å². The van der Waals surface area contributed by atoms with Gasteiger partial charge in [-0.2, -0.15) is 0 Å². The summed E-state index contributed by atoms with van der Waals surface area (Å²) in [6.45, 7) is 4.35. The van der Waals surface area contributed by atoms with E-state index < -0.39 is 9.84 Å². The van der Waals surface area contributed by atoms with Crippen molar-refractivity contribution in [3.05, 3.63) is 0 Å². The molecule has 14 heavy (non-hydrogen) atoms. The molecule has 4 heteroatoms. The highest BCUT2D eigenvalue weighted by molar-refractivity contribution is 7.92. The molecule has 0 aliphatic carbocycles. The van der Waals surface area contributed by atoms with Crippen molar-refractivity contribution >= 4 is 9.84 Å². The zero-order valence-corrected chi connectivity index (χ0v) is 9.33. The quantitative estimate of drug-likeness (QED) is 0.652. The minimum atomic E-state index is -2.82. The molecular weight excluding hydrogens is 200 g/mol. The van der Waals surface area contributed by atoms with Gasteiger partial charge < -0.3 is 4.74 Å². The van der Waals surface area contributed by atoms with Crippen LogP contribution >= 0.6 is 0 Å². The van der Waals surface area contributed by atoms with Crippen LogP contribution in [0.1, 0.15) is 20.3 Å². The molecule has 3 rings (SSSR count). The van der Waals surface area contributed by atoms with E-state index in [2.05, 4.69) is 13.8 Å². The zero-order valence-electron chi connectivity index (χ0n) is 8.51. The first-order valence-corrected chi connectivity index (χ1v) is 7.09. The summed E-state index contributed by atoms with van der Waals surface area (Å²) in [7, 11) is -2.82. The van der Waals surface area contributed by atoms with Crippen LogP contribution in [-0.4, -0.2) is 31.6 Å². The second-order valence-electron chi connectivity index (χ2n) is 5.23. The predicted octanol–water partition coefficient (Wildman–Crippen LogP) is 0.843. The van der Waals surface area contributed by atoms with Crippen molar-refractivity contribution in [1.82, 2.24) is 0 Å². The van der Waals surface area contributed by atoms with Gasteiger partial charge in [-0.05, 0) is 18.3 Å². The molecule has 3 aliphatic heterocycles. The highest BCUT2D eigenvalue weighted by Gasteiger charge is 2.64. The van der Waals surface area contributed by atoms with E-state index in [1.165, 1.54) is 0 Å². The number of hydrogen-bond donors (Lipinski definition) is 0. The summed E-state index contributed by atoms with van der Waals surface area (Å²) in [5.74, 6) is 1.70. The van der Waals surface area contributed by atoms with Crippen molar-refractivity contribution in [2.24, 2.45) is 17.8 Å². The lowest BCUT2D eigenvalue weighted by atomic mass is 9.74. The monoisotopic (exact) mass is 216 g/mol. The van der Waals surface area contributed by atoms with Gasteiger partial charge in [-0.25, -0.2) is 8.42 Å². The summed E-state index contributed by atoms with van der Waals surface area (Å²) in [5, 5.41) is -0.160. The molecule has 3 aliphatic rings. The van der Waals surface area contributed by atoms with Gasteiger partial charge in [-0.1, -0.05) is 13.8 Å². The van der Waals surface area contributed by atoms with Gasteiger partial charge in [-0.3, -0.25) is 0 Å². The molecule has 0 aromatic heterocycles. The lowest BCUT2D eigenvalue weighted by molar-refractivity contribution is 0.0846. The van der Waals surface area contributed by atoms with Gasteiger partial charge in [0, 0.05) is 5.92 Å². The van der Waals surface area contributed by atoms with Crippen LogP contribution in [0.25, 0.3) is 0 Å². The third-order valence-electron chi connectivity index (χ3n) is 4.16. The van der Waals surface area contributed by atoms with E-state index in [9.17, 15) is 8.42 Å². The Morgan fingerprint density at radius 3 is 2.71 bits per heavy atom. The summed E-state index contributed by atoms with van der Waals surface area (Å²) >= 11 is 0. The first-order chi connectivity index (χ1) is 6.50. The number of rotatable bonds is 1. The number of ether oxygens (including phenoxy) is 1. The molecule has 0 N–H and O–H groups in total. The molecule has 5 unspecified atom stereocenters. The minimum absolute atomic E-state index is 0.0393. The average Bonchev–Trinajstić information content (AvgIpc) is 2.61. The van der Waals surface area contributed by atoms with E-state index in [0.29, 0.717) is 23.5 Å². The fourth-order valence-corrected chi connectivity index (χ4v) is 6.05. The van der Waals surface area contributed by atoms with Crippen LogP contribution < -0.4 is 0 Å². The van der Waals surface area contributed by atoms with Crippen LogP contribution in [0.5, 0.6) is 0 Å². The lowest BCUT2D eigenvalue weighted by Crippen LogP contribution is -2.33. The Morgan fingerprint density at radius 1 is 1.36 bits per heavy atom. The van der Waals surface area contributed by atoms with Crippen LogP contribution in [0.4, 0.5) is 0 Å². The smallest absolute Gasteiger partial charge is 0.156 e. The van der Waals surface area contributed by atoms with Crippen LogP contribution in [0.2, 0.25) is 0 Å². The fraction of sp³-hybridized carbons (Fsp3) is 1.00. The van der Waals surface area contributed by atoms with Crippen molar-refractivity contribution in [1.29, 1.82) is 0 Å². The first kappa shape index (κ1) is 9.16. The first-order valence-electron chi connectivity index (χ1n) is 5.38. The third kappa shape index (κ3) is 0.936. The molecule has 0 aromatic carbocycles. The molecule has 2 bridgehead atoms. The molecule has 0 aromatic rings. The van der Waals surface area contributed by atoms with Crippen molar-refractivity contribution in [2.75, 3.05) is 5.75 Å². The van der Waals surface area contributed by atoms with Crippen LogP contribution in [-0.2, 0) is 14.6 Å². The van der Waals surface area contributed by atoms with Gasteiger partial charge in [0.05, 0.1) is 23.2 Å².